The first-order chi connectivity index (χ1) is 9.79. The van der Waals surface area contributed by atoms with Crippen LogP contribution in [0.3, 0.4) is 0 Å². The van der Waals surface area contributed by atoms with Crippen molar-refractivity contribution in [2.24, 2.45) is 0 Å². The van der Waals surface area contributed by atoms with Gasteiger partial charge in [-0.1, -0.05) is 36.4 Å². The van der Waals surface area contributed by atoms with Crippen LogP contribution < -0.4 is 5.32 Å². The molecule has 0 saturated carbocycles. The number of aromatic nitrogens is 2. The topological polar surface area (TPSA) is 50.1 Å². The number of nitrogens with zero attached hydrogens (tertiary/aromatic N) is 2. The summed E-state index contributed by atoms with van der Waals surface area (Å²) in [5.74, 6) is 0.242. The van der Waals surface area contributed by atoms with E-state index in [2.05, 4.69) is 22.5 Å². The summed E-state index contributed by atoms with van der Waals surface area (Å²) >= 11 is 0. The van der Waals surface area contributed by atoms with E-state index in [1.54, 1.807) is 24.4 Å². The molecule has 0 aliphatic carbocycles. The molecule has 3 aromatic rings. The number of nitrogens with one attached hydrogen (secondary N) is 1. The summed E-state index contributed by atoms with van der Waals surface area (Å²) in [6.45, 7) is 0.739. The minimum absolute atomic E-state index is 0.242. The Labute approximate surface area is 117 Å². The smallest absolute Gasteiger partial charge is 0.117 e. The van der Waals surface area contributed by atoms with Crippen LogP contribution in [0.1, 0.15) is 5.56 Å². The van der Waals surface area contributed by atoms with Gasteiger partial charge in [-0.15, -0.1) is 0 Å². The van der Waals surface area contributed by atoms with E-state index in [1.807, 2.05) is 35.1 Å². The van der Waals surface area contributed by atoms with E-state index in [0.717, 1.165) is 17.9 Å². The van der Waals surface area contributed by atoms with Crippen molar-refractivity contribution < 1.29 is 5.11 Å². The Hall–Kier alpha value is -2.75. The number of phenolic OH excluding ortho intramolecular Hbond substituents is 1. The lowest BCUT2D eigenvalue weighted by atomic mass is 10.2. The van der Waals surface area contributed by atoms with Crippen molar-refractivity contribution in [2.45, 2.75) is 6.54 Å². The lowest BCUT2D eigenvalue weighted by Crippen LogP contribution is -1.99. The summed E-state index contributed by atoms with van der Waals surface area (Å²) in [7, 11) is 0. The highest BCUT2D eigenvalue weighted by Gasteiger charge is 2.01. The number of phenols is 1. The average Bonchev–Trinajstić information content (AvgIpc) is 2.87. The third-order valence-electron chi connectivity index (χ3n) is 2.96. The van der Waals surface area contributed by atoms with Crippen LogP contribution in [-0.2, 0) is 6.54 Å². The van der Waals surface area contributed by atoms with Crippen LogP contribution >= 0.6 is 0 Å². The van der Waals surface area contributed by atoms with Gasteiger partial charge in [-0.3, -0.25) is 4.68 Å². The molecule has 0 spiro atoms. The standard InChI is InChI=1S/C16H15N3O/c20-16-8-4-7-14(9-16)18-15-10-17-19(12-15)11-13-5-2-1-3-6-13/h1-10,12,18,20H,11H2. The third kappa shape index (κ3) is 2.98. The Morgan fingerprint density at radius 1 is 1.00 bits per heavy atom. The molecule has 0 radical (unpaired) electrons. The molecule has 2 N–H and O–H groups in total. The van der Waals surface area contributed by atoms with Gasteiger partial charge in [0.1, 0.15) is 5.75 Å². The van der Waals surface area contributed by atoms with Gasteiger partial charge in [0.05, 0.1) is 18.4 Å². The van der Waals surface area contributed by atoms with Gasteiger partial charge >= 0.3 is 0 Å². The van der Waals surface area contributed by atoms with E-state index in [-0.39, 0.29) is 5.75 Å². The molecule has 4 nitrogen and oxygen atoms in total. The molecular formula is C16H15N3O. The fourth-order valence-electron chi connectivity index (χ4n) is 2.04. The summed E-state index contributed by atoms with van der Waals surface area (Å²) in [5, 5.41) is 17.0. The second kappa shape index (κ2) is 5.48. The Bertz CT molecular complexity index is 692. The van der Waals surface area contributed by atoms with E-state index in [1.165, 1.54) is 5.56 Å². The highest BCUT2D eigenvalue weighted by molar-refractivity contribution is 5.59. The lowest BCUT2D eigenvalue weighted by molar-refractivity contribution is 0.475. The molecule has 0 atom stereocenters. The van der Waals surface area contributed by atoms with Gasteiger partial charge in [0.2, 0.25) is 0 Å². The predicted molar refractivity (Wildman–Crippen MR) is 79.2 cm³/mol. The maximum absolute atomic E-state index is 9.43. The zero-order valence-electron chi connectivity index (χ0n) is 10.9. The third-order valence-corrected chi connectivity index (χ3v) is 2.96. The largest absolute Gasteiger partial charge is 0.508 e. The molecule has 100 valence electrons. The number of hydrogen-bond acceptors (Lipinski definition) is 3. The van der Waals surface area contributed by atoms with Crippen molar-refractivity contribution in [2.75, 3.05) is 5.32 Å². The number of benzene rings is 2. The summed E-state index contributed by atoms with van der Waals surface area (Å²) in [6, 6.07) is 17.2. The Morgan fingerprint density at radius 2 is 1.85 bits per heavy atom. The fourth-order valence-corrected chi connectivity index (χ4v) is 2.04. The molecule has 4 heteroatoms. The zero-order valence-corrected chi connectivity index (χ0v) is 10.9. The first-order valence-electron chi connectivity index (χ1n) is 6.42. The number of rotatable bonds is 4. The first-order valence-corrected chi connectivity index (χ1v) is 6.42. The second-order valence-electron chi connectivity index (χ2n) is 4.59. The molecule has 0 saturated heterocycles. The van der Waals surface area contributed by atoms with Gasteiger partial charge in [-0.25, -0.2) is 0 Å². The monoisotopic (exact) mass is 265 g/mol. The average molecular weight is 265 g/mol. The molecule has 0 aliphatic heterocycles. The molecule has 0 amide bonds. The first kappa shape index (κ1) is 12.3. The van der Waals surface area contributed by atoms with Gasteiger partial charge in [0.25, 0.3) is 0 Å². The highest BCUT2D eigenvalue weighted by atomic mass is 16.3. The minimum atomic E-state index is 0.242. The molecule has 2 aromatic carbocycles. The normalized spacial score (nSPS) is 10.4. The van der Waals surface area contributed by atoms with Crippen molar-refractivity contribution in [3.63, 3.8) is 0 Å². The van der Waals surface area contributed by atoms with Crippen molar-refractivity contribution in [3.05, 3.63) is 72.6 Å². The molecule has 20 heavy (non-hydrogen) atoms. The molecule has 0 aliphatic rings. The Morgan fingerprint density at radius 3 is 2.65 bits per heavy atom. The highest BCUT2D eigenvalue weighted by Crippen LogP contribution is 2.20. The van der Waals surface area contributed by atoms with Crippen molar-refractivity contribution in [1.82, 2.24) is 9.78 Å². The Balaban J connectivity index is 1.71. The fraction of sp³-hybridized carbons (Fsp3) is 0.0625. The van der Waals surface area contributed by atoms with Crippen LogP contribution in [0, 0.1) is 0 Å². The molecule has 0 bridgehead atoms. The predicted octanol–water partition coefficient (Wildman–Crippen LogP) is 3.38. The van der Waals surface area contributed by atoms with Crippen LogP contribution in [0.25, 0.3) is 0 Å². The second-order valence-corrected chi connectivity index (χ2v) is 4.59. The number of aromatic hydroxyl groups is 1. The van der Waals surface area contributed by atoms with Crippen molar-refractivity contribution in [1.29, 1.82) is 0 Å². The molecule has 0 unspecified atom stereocenters. The zero-order chi connectivity index (χ0) is 13.8. The summed E-state index contributed by atoms with van der Waals surface area (Å²) in [4.78, 5) is 0. The van der Waals surface area contributed by atoms with Gasteiger partial charge in [0.15, 0.2) is 0 Å². The SMILES string of the molecule is Oc1cccc(Nc2cnn(Cc3ccccc3)c2)c1. The lowest BCUT2D eigenvalue weighted by Gasteiger charge is -2.03. The van der Waals surface area contributed by atoms with Gasteiger partial charge in [-0.2, -0.15) is 5.10 Å². The van der Waals surface area contributed by atoms with E-state index in [0.29, 0.717) is 0 Å². The van der Waals surface area contributed by atoms with Crippen LogP contribution in [0.4, 0.5) is 11.4 Å². The summed E-state index contributed by atoms with van der Waals surface area (Å²) in [6.07, 6.45) is 3.71. The summed E-state index contributed by atoms with van der Waals surface area (Å²) in [5.41, 5.74) is 2.94. The maximum Gasteiger partial charge on any atom is 0.117 e. The maximum atomic E-state index is 9.43. The van der Waals surface area contributed by atoms with Crippen LogP contribution in [-0.4, -0.2) is 14.9 Å². The molecular weight excluding hydrogens is 250 g/mol. The Kier molecular flexibility index (Phi) is 3.37. The van der Waals surface area contributed by atoms with E-state index in [4.69, 9.17) is 0 Å². The molecule has 1 aromatic heterocycles. The number of anilines is 2. The minimum Gasteiger partial charge on any atom is -0.508 e. The van der Waals surface area contributed by atoms with E-state index >= 15 is 0 Å². The summed E-state index contributed by atoms with van der Waals surface area (Å²) < 4.78 is 1.88. The van der Waals surface area contributed by atoms with Gasteiger partial charge in [0, 0.05) is 18.0 Å². The molecule has 3 rings (SSSR count). The van der Waals surface area contributed by atoms with Crippen LogP contribution in [0.2, 0.25) is 0 Å². The number of hydrogen-bond donors (Lipinski definition) is 2. The van der Waals surface area contributed by atoms with Crippen LogP contribution in [0.15, 0.2) is 67.0 Å². The van der Waals surface area contributed by atoms with Crippen molar-refractivity contribution >= 4 is 11.4 Å². The quantitative estimate of drug-likeness (QED) is 0.760. The molecule has 0 fully saturated rings. The van der Waals surface area contributed by atoms with Gasteiger partial charge < -0.3 is 10.4 Å². The van der Waals surface area contributed by atoms with E-state index < -0.39 is 0 Å². The van der Waals surface area contributed by atoms with Gasteiger partial charge in [-0.05, 0) is 17.7 Å². The van der Waals surface area contributed by atoms with Crippen molar-refractivity contribution in [3.8, 4) is 5.75 Å². The van der Waals surface area contributed by atoms with Crippen LogP contribution in [0.5, 0.6) is 5.75 Å². The molecule has 1 heterocycles. The van der Waals surface area contributed by atoms with E-state index in [9.17, 15) is 5.11 Å².